The number of ether oxygens (including phenoxy) is 2. The highest BCUT2D eigenvalue weighted by Crippen LogP contribution is 2.29. The lowest BCUT2D eigenvalue weighted by Gasteiger charge is -2.38. The predicted octanol–water partition coefficient (Wildman–Crippen LogP) is 2.69. The summed E-state index contributed by atoms with van der Waals surface area (Å²) in [6.07, 6.45) is 0.883. The first-order chi connectivity index (χ1) is 12.7. The predicted molar refractivity (Wildman–Crippen MR) is 109 cm³/mol. The molecule has 7 nitrogen and oxygen atoms in total. The molecule has 2 rings (SSSR count). The molecule has 0 spiro atoms. The van der Waals surface area contributed by atoms with Gasteiger partial charge >= 0.3 is 13.2 Å². The SMILES string of the molecule is COc1cccc2c(B(O)OC(C)(C)C(C)(C)O)cn(C(=O)OC(C)(C)C)c12. The van der Waals surface area contributed by atoms with E-state index in [2.05, 4.69) is 0 Å². The molecule has 0 saturated carbocycles. The third-order valence-electron chi connectivity index (χ3n) is 4.77. The van der Waals surface area contributed by atoms with Gasteiger partial charge in [0, 0.05) is 17.0 Å². The number of carbonyl (C=O) groups is 1. The second kappa shape index (κ2) is 7.42. The van der Waals surface area contributed by atoms with E-state index in [1.165, 1.54) is 17.9 Å². The minimum Gasteiger partial charge on any atom is -0.495 e. The maximum Gasteiger partial charge on any atom is 0.493 e. The van der Waals surface area contributed by atoms with Crippen molar-refractivity contribution in [1.82, 2.24) is 4.57 Å². The van der Waals surface area contributed by atoms with Gasteiger partial charge in [0.2, 0.25) is 0 Å². The summed E-state index contributed by atoms with van der Waals surface area (Å²) in [6.45, 7) is 11.9. The molecule has 0 aliphatic carbocycles. The molecule has 0 aliphatic rings. The van der Waals surface area contributed by atoms with Crippen LogP contribution >= 0.6 is 0 Å². The molecule has 0 unspecified atom stereocenters. The van der Waals surface area contributed by atoms with Crippen molar-refractivity contribution in [1.29, 1.82) is 0 Å². The van der Waals surface area contributed by atoms with Crippen LogP contribution in [0, 0.1) is 0 Å². The molecule has 1 aromatic carbocycles. The van der Waals surface area contributed by atoms with Crippen LogP contribution in [-0.4, -0.2) is 51.8 Å². The average Bonchev–Trinajstić information content (AvgIpc) is 2.91. The minimum atomic E-state index is -1.38. The Morgan fingerprint density at radius 1 is 1.11 bits per heavy atom. The topological polar surface area (TPSA) is 90.2 Å². The van der Waals surface area contributed by atoms with Gasteiger partial charge in [0.05, 0.1) is 18.3 Å². The number of aliphatic hydroxyl groups is 1. The number of fused-ring (bicyclic) bond motifs is 1. The van der Waals surface area contributed by atoms with Crippen molar-refractivity contribution < 1.29 is 29.1 Å². The van der Waals surface area contributed by atoms with Crippen molar-refractivity contribution in [2.24, 2.45) is 0 Å². The Bertz CT molecular complexity index is 860. The van der Waals surface area contributed by atoms with Gasteiger partial charge < -0.3 is 24.3 Å². The fourth-order valence-corrected chi connectivity index (χ4v) is 2.58. The molecular weight excluding hydrogens is 361 g/mol. The Kier molecular flexibility index (Phi) is 5.90. The quantitative estimate of drug-likeness (QED) is 0.762. The molecule has 1 aromatic heterocycles. The first-order valence-electron chi connectivity index (χ1n) is 9.17. The number of benzene rings is 1. The van der Waals surface area contributed by atoms with Crippen LogP contribution in [0.4, 0.5) is 4.79 Å². The van der Waals surface area contributed by atoms with Crippen molar-refractivity contribution in [3.63, 3.8) is 0 Å². The summed E-state index contributed by atoms with van der Waals surface area (Å²) in [5.74, 6) is 0.462. The van der Waals surface area contributed by atoms with E-state index >= 15 is 0 Å². The number of rotatable bonds is 5. The minimum absolute atomic E-state index is 0.372. The normalized spacial score (nSPS) is 12.9. The van der Waals surface area contributed by atoms with Gasteiger partial charge in [-0.1, -0.05) is 12.1 Å². The molecule has 154 valence electrons. The Morgan fingerprint density at radius 3 is 2.21 bits per heavy atom. The van der Waals surface area contributed by atoms with E-state index in [0.717, 1.165) is 0 Å². The van der Waals surface area contributed by atoms with Gasteiger partial charge in [-0.2, -0.15) is 0 Å². The molecule has 0 radical (unpaired) electrons. The Hall–Kier alpha value is -2.03. The van der Waals surface area contributed by atoms with E-state index in [1.807, 2.05) is 0 Å². The van der Waals surface area contributed by atoms with E-state index in [9.17, 15) is 14.9 Å². The monoisotopic (exact) mass is 391 g/mol. The van der Waals surface area contributed by atoms with Crippen molar-refractivity contribution in [3.05, 3.63) is 24.4 Å². The molecule has 2 aromatic rings. The highest BCUT2D eigenvalue weighted by molar-refractivity contribution is 6.63. The highest BCUT2D eigenvalue weighted by atomic mass is 16.6. The van der Waals surface area contributed by atoms with Crippen molar-refractivity contribution in [2.45, 2.75) is 65.3 Å². The standard InChI is InChI=1S/C20H30BNO6/c1-18(2,3)27-17(23)22-12-14(13-10-9-11-15(26-8)16(13)22)21(25)28-20(6,7)19(4,5)24/h9-12,24-25H,1-8H3. The highest BCUT2D eigenvalue weighted by Gasteiger charge is 2.40. The Labute approximate surface area is 166 Å². The number of hydrogen-bond donors (Lipinski definition) is 2. The molecule has 8 heteroatoms. The number of carbonyl (C=O) groups excluding carboxylic acids is 1. The lowest BCUT2D eigenvalue weighted by Crippen LogP contribution is -2.53. The lowest BCUT2D eigenvalue weighted by atomic mass is 9.76. The molecular formula is C20H30BNO6. The van der Waals surface area contributed by atoms with E-state index in [0.29, 0.717) is 22.1 Å². The van der Waals surface area contributed by atoms with Crippen LogP contribution < -0.4 is 10.2 Å². The van der Waals surface area contributed by atoms with Crippen LogP contribution in [0.15, 0.2) is 24.4 Å². The van der Waals surface area contributed by atoms with E-state index < -0.39 is 30.0 Å². The molecule has 0 bridgehead atoms. The van der Waals surface area contributed by atoms with E-state index in [1.54, 1.807) is 66.7 Å². The molecule has 0 aliphatic heterocycles. The van der Waals surface area contributed by atoms with Crippen LogP contribution in [0.5, 0.6) is 5.75 Å². The van der Waals surface area contributed by atoms with Gasteiger partial charge in [-0.05, 0) is 54.5 Å². The molecule has 0 atom stereocenters. The summed E-state index contributed by atoms with van der Waals surface area (Å²) >= 11 is 0. The molecule has 0 saturated heterocycles. The largest absolute Gasteiger partial charge is 0.495 e. The summed E-state index contributed by atoms with van der Waals surface area (Å²) in [7, 11) is 0.130. The third-order valence-corrected chi connectivity index (χ3v) is 4.77. The smallest absolute Gasteiger partial charge is 0.493 e. The molecule has 1 heterocycles. The first-order valence-corrected chi connectivity index (χ1v) is 9.17. The van der Waals surface area contributed by atoms with Crippen LogP contribution in [-0.2, 0) is 9.39 Å². The number of methoxy groups -OCH3 is 1. The van der Waals surface area contributed by atoms with Crippen LogP contribution in [0.3, 0.4) is 0 Å². The Balaban J connectivity index is 2.57. The summed E-state index contributed by atoms with van der Waals surface area (Å²) in [4.78, 5) is 12.7. The zero-order valence-corrected chi connectivity index (χ0v) is 17.9. The zero-order valence-electron chi connectivity index (χ0n) is 17.9. The first kappa shape index (κ1) is 22.3. The molecule has 0 amide bonds. The molecule has 28 heavy (non-hydrogen) atoms. The maximum atomic E-state index is 12.7. The van der Waals surface area contributed by atoms with Crippen LogP contribution in [0.2, 0.25) is 0 Å². The van der Waals surface area contributed by atoms with Crippen LogP contribution in [0.1, 0.15) is 48.5 Å². The fraction of sp³-hybridized carbons (Fsp3) is 0.550. The summed E-state index contributed by atoms with van der Waals surface area (Å²) in [6, 6.07) is 5.25. The van der Waals surface area contributed by atoms with E-state index in [4.69, 9.17) is 14.1 Å². The Morgan fingerprint density at radius 2 is 1.71 bits per heavy atom. The average molecular weight is 391 g/mol. The van der Waals surface area contributed by atoms with Crippen molar-refractivity contribution >= 4 is 29.6 Å². The van der Waals surface area contributed by atoms with Crippen LogP contribution in [0.25, 0.3) is 10.9 Å². The van der Waals surface area contributed by atoms with Gasteiger partial charge in [-0.25, -0.2) is 9.36 Å². The fourth-order valence-electron chi connectivity index (χ4n) is 2.58. The zero-order chi connectivity index (χ0) is 21.5. The van der Waals surface area contributed by atoms with Gasteiger partial charge in [0.15, 0.2) is 0 Å². The van der Waals surface area contributed by atoms with Crippen molar-refractivity contribution in [2.75, 3.05) is 7.11 Å². The number of para-hydroxylation sites is 1. The second-order valence-electron chi connectivity index (χ2n) is 8.83. The van der Waals surface area contributed by atoms with Gasteiger partial charge in [0.1, 0.15) is 16.9 Å². The van der Waals surface area contributed by atoms with Gasteiger partial charge in [-0.3, -0.25) is 0 Å². The molecule has 0 fully saturated rings. The van der Waals surface area contributed by atoms with E-state index in [-0.39, 0.29) is 0 Å². The van der Waals surface area contributed by atoms with Crippen molar-refractivity contribution in [3.8, 4) is 5.75 Å². The molecule has 2 N–H and O–H groups in total. The maximum absolute atomic E-state index is 12.7. The summed E-state index contributed by atoms with van der Waals surface area (Å²) in [5, 5.41) is 21.7. The van der Waals surface area contributed by atoms with Gasteiger partial charge in [0.25, 0.3) is 0 Å². The lowest BCUT2D eigenvalue weighted by molar-refractivity contribution is -0.0982. The third kappa shape index (κ3) is 4.51. The summed E-state index contributed by atoms with van der Waals surface area (Å²) < 4.78 is 18.0. The van der Waals surface area contributed by atoms with Gasteiger partial charge in [-0.15, -0.1) is 0 Å². The number of aromatic nitrogens is 1. The number of nitrogens with zero attached hydrogens (tertiary/aromatic N) is 1. The number of hydrogen-bond acceptors (Lipinski definition) is 6. The summed E-state index contributed by atoms with van der Waals surface area (Å²) in [5.41, 5.74) is -2.09. The second-order valence-corrected chi connectivity index (χ2v) is 8.83.